The molecule has 0 radical (unpaired) electrons. The monoisotopic (exact) mass is 184 g/mol. The molecule has 0 aliphatic rings. The minimum absolute atomic E-state index is 0.0783. The Kier molecular flexibility index (Phi) is 5.62. The second kappa shape index (κ2) is 5.91. The highest BCUT2D eigenvalue weighted by molar-refractivity contribution is 4.84. The summed E-state index contributed by atoms with van der Waals surface area (Å²) < 4.78 is 5.69. The van der Waals surface area contributed by atoms with E-state index in [4.69, 9.17) is 4.74 Å². The molecule has 0 heterocycles. The number of ether oxygens (including phenoxy) is 1. The summed E-state index contributed by atoms with van der Waals surface area (Å²) in [7, 11) is 7.79. The fourth-order valence-electron chi connectivity index (χ4n) is 0.919. The normalized spacial score (nSPS) is 15.8. The van der Waals surface area contributed by atoms with Crippen molar-refractivity contribution in [3.05, 3.63) is 25.3 Å². The van der Waals surface area contributed by atoms with Crippen molar-refractivity contribution < 1.29 is 4.74 Å². The van der Waals surface area contributed by atoms with Gasteiger partial charge in [-0.1, -0.05) is 13.2 Å². The Morgan fingerprint density at radius 1 is 0.923 bits per heavy atom. The summed E-state index contributed by atoms with van der Waals surface area (Å²) in [6.45, 7) is 7.42. The van der Waals surface area contributed by atoms with Crippen LogP contribution in [0.4, 0.5) is 0 Å². The van der Waals surface area contributed by atoms with E-state index >= 15 is 0 Å². The van der Waals surface area contributed by atoms with Crippen molar-refractivity contribution in [2.45, 2.75) is 12.5 Å². The predicted molar refractivity (Wildman–Crippen MR) is 56.4 cm³/mol. The van der Waals surface area contributed by atoms with E-state index in [1.807, 2.05) is 38.0 Å². The molecule has 0 fully saturated rings. The molecule has 76 valence electrons. The topological polar surface area (TPSA) is 15.7 Å². The smallest absolute Gasteiger partial charge is 0.131 e. The molecule has 3 heteroatoms. The minimum Gasteiger partial charge on any atom is -0.338 e. The average Bonchev–Trinajstić information content (AvgIpc) is 2.05. The summed E-state index contributed by atoms with van der Waals surface area (Å²) in [4.78, 5) is 3.90. The quantitative estimate of drug-likeness (QED) is 0.455. The van der Waals surface area contributed by atoms with Crippen LogP contribution in [0, 0.1) is 0 Å². The van der Waals surface area contributed by atoms with Gasteiger partial charge in [0, 0.05) is 0 Å². The van der Waals surface area contributed by atoms with Gasteiger partial charge in [-0.15, -0.1) is 0 Å². The lowest BCUT2D eigenvalue weighted by atomic mass is 10.4. The van der Waals surface area contributed by atoms with Crippen LogP contribution in [0.5, 0.6) is 0 Å². The Balaban J connectivity index is 4.19. The molecule has 0 aromatic rings. The molecule has 0 N–H and O–H groups in total. The van der Waals surface area contributed by atoms with Crippen molar-refractivity contribution in [1.29, 1.82) is 0 Å². The maximum absolute atomic E-state index is 5.69. The first-order chi connectivity index (χ1) is 6.02. The molecule has 0 bridgehead atoms. The van der Waals surface area contributed by atoms with Crippen LogP contribution in [-0.4, -0.2) is 50.4 Å². The highest BCUT2D eigenvalue weighted by Crippen LogP contribution is 2.05. The molecule has 2 unspecified atom stereocenters. The number of hydrogen-bond donors (Lipinski definition) is 0. The molecular weight excluding hydrogens is 164 g/mol. The van der Waals surface area contributed by atoms with E-state index in [9.17, 15) is 0 Å². The van der Waals surface area contributed by atoms with Gasteiger partial charge in [0.05, 0.1) is 0 Å². The van der Waals surface area contributed by atoms with Gasteiger partial charge in [-0.3, -0.25) is 9.80 Å². The fourth-order valence-corrected chi connectivity index (χ4v) is 0.919. The van der Waals surface area contributed by atoms with Gasteiger partial charge in [-0.05, 0) is 40.3 Å². The Labute approximate surface area is 81.3 Å². The van der Waals surface area contributed by atoms with Gasteiger partial charge >= 0.3 is 0 Å². The van der Waals surface area contributed by atoms with Crippen molar-refractivity contribution in [2.75, 3.05) is 28.2 Å². The number of rotatable bonds is 6. The molecule has 13 heavy (non-hydrogen) atoms. The molecule has 0 aromatic heterocycles. The van der Waals surface area contributed by atoms with Crippen LogP contribution >= 0.6 is 0 Å². The number of nitrogens with zero attached hydrogens (tertiary/aromatic N) is 2. The summed E-state index contributed by atoms with van der Waals surface area (Å²) in [6.07, 6.45) is 3.37. The van der Waals surface area contributed by atoms with Gasteiger partial charge in [0.1, 0.15) is 12.5 Å². The molecule has 0 amide bonds. The molecule has 0 aliphatic heterocycles. The Morgan fingerprint density at radius 3 is 1.38 bits per heavy atom. The number of hydrogen-bond acceptors (Lipinski definition) is 3. The highest BCUT2D eigenvalue weighted by Gasteiger charge is 2.14. The first-order valence-electron chi connectivity index (χ1n) is 4.26. The minimum atomic E-state index is -0.0783. The summed E-state index contributed by atoms with van der Waals surface area (Å²) in [5.41, 5.74) is 0. The van der Waals surface area contributed by atoms with E-state index < -0.39 is 0 Å². The van der Waals surface area contributed by atoms with Crippen molar-refractivity contribution in [3.8, 4) is 0 Å². The van der Waals surface area contributed by atoms with Crippen molar-refractivity contribution in [1.82, 2.24) is 9.80 Å². The SMILES string of the molecule is C=CC(OC(C=C)N(C)C)N(C)C. The second-order valence-electron chi connectivity index (χ2n) is 3.32. The summed E-state index contributed by atoms with van der Waals surface area (Å²) in [5, 5.41) is 0. The highest BCUT2D eigenvalue weighted by atomic mass is 16.5. The molecule has 0 spiro atoms. The van der Waals surface area contributed by atoms with Crippen molar-refractivity contribution in [3.63, 3.8) is 0 Å². The molecule has 0 rings (SSSR count). The molecule has 0 saturated heterocycles. The van der Waals surface area contributed by atoms with E-state index in [1.165, 1.54) is 0 Å². The number of likely N-dealkylation sites (N-methyl/N-ethyl adjacent to an activating group) is 2. The predicted octanol–water partition coefficient (Wildman–Crippen LogP) is 1.15. The van der Waals surface area contributed by atoms with Crippen LogP contribution in [0.15, 0.2) is 25.3 Å². The summed E-state index contributed by atoms with van der Waals surface area (Å²) >= 11 is 0. The molecular formula is C10H20N2O. The van der Waals surface area contributed by atoms with E-state index in [-0.39, 0.29) is 12.5 Å². The van der Waals surface area contributed by atoms with Crippen LogP contribution in [0.1, 0.15) is 0 Å². The summed E-state index contributed by atoms with van der Waals surface area (Å²) in [5.74, 6) is 0. The molecule has 0 aliphatic carbocycles. The van der Waals surface area contributed by atoms with E-state index in [0.29, 0.717) is 0 Å². The van der Waals surface area contributed by atoms with Gasteiger partial charge < -0.3 is 4.74 Å². The second-order valence-corrected chi connectivity index (χ2v) is 3.32. The summed E-state index contributed by atoms with van der Waals surface area (Å²) in [6, 6.07) is 0. The zero-order valence-corrected chi connectivity index (χ0v) is 9.03. The van der Waals surface area contributed by atoms with Gasteiger partial charge in [0.15, 0.2) is 0 Å². The van der Waals surface area contributed by atoms with Gasteiger partial charge in [-0.2, -0.15) is 0 Å². The Bertz CT molecular complexity index is 148. The largest absolute Gasteiger partial charge is 0.338 e. The van der Waals surface area contributed by atoms with E-state index in [2.05, 4.69) is 13.2 Å². The zero-order valence-electron chi connectivity index (χ0n) is 9.03. The van der Waals surface area contributed by atoms with Crippen LogP contribution in [-0.2, 0) is 4.74 Å². The standard InChI is InChI=1S/C10H20N2O/c1-7-9(11(3)4)13-10(8-2)12(5)6/h7-10H,1-2H2,3-6H3. The van der Waals surface area contributed by atoms with Crippen molar-refractivity contribution >= 4 is 0 Å². The molecule has 0 aromatic carbocycles. The fraction of sp³-hybridized carbons (Fsp3) is 0.600. The van der Waals surface area contributed by atoms with Crippen molar-refractivity contribution in [2.24, 2.45) is 0 Å². The Hall–Kier alpha value is -0.640. The van der Waals surface area contributed by atoms with Gasteiger partial charge in [0.2, 0.25) is 0 Å². The third-order valence-electron chi connectivity index (χ3n) is 1.70. The first kappa shape index (κ1) is 12.4. The van der Waals surface area contributed by atoms with Crippen LogP contribution in [0.3, 0.4) is 0 Å². The first-order valence-corrected chi connectivity index (χ1v) is 4.26. The maximum atomic E-state index is 5.69. The zero-order chi connectivity index (χ0) is 10.4. The lowest BCUT2D eigenvalue weighted by Crippen LogP contribution is -2.38. The molecule has 0 saturated carbocycles. The van der Waals surface area contributed by atoms with Crippen LogP contribution < -0.4 is 0 Å². The molecule has 2 atom stereocenters. The maximum Gasteiger partial charge on any atom is 0.131 e. The van der Waals surface area contributed by atoms with Gasteiger partial charge in [0.25, 0.3) is 0 Å². The van der Waals surface area contributed by atoms with E-state index in [1.54, 1.807) is 12.2 Å². The van der Waals surface area contributed by atoms with Gasteiger partial charge in [-0.25, -0.2) is 0 Å². The Morgan fingerprint density at radius 2 is 1.23 bits per heavy atom. The lowest BCUT2D eigenvalue weighted by molar-refractivity contribution is -0.0848. The lowest BCUT2D eigenvalue weighted by Gasteiger charge is -2.28. The van der Waals surface area contributed by atoms with E-state index in [0.717, 1.165) is 0 Å². The third-order valence-corrected chi connectivity index (χ3v) is 1.70. The molecule has 3 nitrogen and oxygen atoms in total. The van der Waals surface area contributed by atoms with Crippen LogP contribution in [0.2, 0.25) is 0 Å². The third kappa shape index (κ3) is 4.22. The average molecular weight is 184 g/mol. The van der Waals surface area contributed by atoms with Crippen LogP contribution in [0.25, 0.3) is 0 Å².